The second-order valence-electron chi connectivity index (χ2n) is 6.89. The first-order valence-corrected chi connectivity index (χ1v) is 9.32. The standard InChI is InChI=1S/C21H22N2O5/c24-13-17(14-4-2-1-3-5-14)22-21(26)15-10-20(25)23(12-15)16-6-7-18-19(11-16)28-9-8-27-18/h1-7,11,15,17,24H,8-10,12-13H2,(H,22,26)/t15-,17+/m0/s1. The SMILES string of the molecule is O=C(N[C@H](CO)c1ccccc1)[C@H]1CC(=O)N(c2ccc3c(c2)OCCO3)C1. The molecule has 0 unspecified atom stereocenters. The fourth-order valence-electron chi connectivity index (χ4n) is 3.54. The van der Waals surface area contributed by atoms with Crippen molar-refractivity contribution in [3.63, 3.8) is 0 Å². The van der Waals surface area contributed by atoms with Gasteiger partial charge in [0, 0.05) is 24.7 Å². The van der Waals surface area contributed by atoms with Crippen LogP contribution in [0.25, 0.3) is 0 Å². The summed E-state index contributed by atoms with van der Waals surface area (Å²) in [5, 5.41) is 12.5. The van der Waals surface area contributed by atoms with Crippen molar-refractivity contribution in [2.24, 2.45) is 5.92 Å². The van der Waals surface area contributed by atoms with E-state index in [1.807, 2.05) is 30.3 Å². The Bertz CT molecular complexity index is 870. The number of carbonyl (C=O) groups is 2. The van der Waals surface area contributed by atoms with Gasteiger partial charge in [-0.1, -0.05) is 30.3 Å². The summed E-state index contributed by atoms with van der Waals surface area (Å²) in [6.45, 7) is 1.06. The van der Waals surface area contributed by atoms with Gasteiger partial charge in [-0.05, 0) is 17.7 Å². The molecule has 0 radical (unpaired) electrons. The number of nitrogens with one attached hydrogen (secondary N) is 1. The Hall–Kier alpha value is -3.06. The van der Waals surface area contributed by atoms with Gasteiger partial charge >= 0.3 is 0 Å². The first-order valence-electron chi connectivity index (χ1n) is 9.32. The molecule has 2 aliphatic heterocycles. The average Bonchev–Trinajstić information content (AvgIpc) is 3.14. The minimum absolute atomic E-state index is 0.114. The van der Waals surface area contributed by atoms with Crippen LogP contribution in [0.15, 0.2) is 48.5 Å². The number of hydrogen-bond donors (Lipinski definition) is 2. The van der Waals surface area contributed by atoms with Gasteiger partial charge in [-0.3, -0.25) is 9.59 Å². The highest BCUT2D eigenvalue weighted by atomic mass is 16.6. The molecule has 7 heteroatoms. The number of aliphatic hydroxyl groups is 1. The molecule has 0 spiro atoms. The van der Waals surface area contributed by atoms with Crippen molar-refractivity contribution < 1.29 is 24.2 Å². The number of rotatable bonds is 5. The highest BCUT2D eigenvalue weighted by molar-refractivity contribution is 6.00. The summed E-state index contributed by atoms with van der Waals surface area (Å²) in [6, 6.07) is 14.1. The molecule has 146 valence electrons. The van der Waals surface area contributed by atoms with Crippen LogP contribution in [0.5, 0.6) is 11.5 Å². The predicted molar refractivity (Wildman–Crippen MR) is 102 cm³/mol. The van der Waals surface area contributed by atoms with Crippen molar-refractivity contribution in [2.75, 3.05) is 31.3 Å². The largest absolute Gasteiger partial charge is 0.486 e. The number of anilines is 1. The Labute approximate surface area is 162 Å². The number of benzene rings is 2. The van der Waals surface area contributed by atoms with Crippen LogP contribution < -0.4 is 19.7 Å². The number of nitrogens with zero attached hydrogens (tertiary/aromatic N) is 1. The van der Waals surface area contributed by atoms with E-state index in [1.165, 1.54) is 0 Å². The monoisotopic (exact) mass is 382 g/mol. The van der Waals surface area contributed by atoms with E-state index in [-0.39, 0.29) is 31.4 Å². The summed E-state index contributed by atoms with van der Waals surface area (Å²) in [5.74, 6) is 0.435. The molecule has 2 aliphatic rings. The molecule has 2 aromatic carbocycles. The molecular formula is C21H22N2O5. The first kappa shape index (κ1) is 18.3. The van der Waals surface area contributed by atoms with Crippen LogP contribution in [-0.4, -0.2) is 43.3 Å². The number of carbonyl (C=O) groups excluding carboxylic acids is 2. The Balaban J connectivity index is 1.45. The molecule has 2 atom stereocenters. The van der Waals surface area contributed by atoms with Gasteiger partial charge in [0.15, 0.2) is 11.5 Å². The van der Waals surface area contributed by atoms with Crippen molar-refractivity contribution in [3.8, 4) is 11.5 Å². The third-order valence-corrected chi connectivity index (χ3v) is 5.03. The lowest BCUT2D eigenvalue weighted by Gasteiger charge is -2.22. The topological polar surface area (TPSA) is 88.1 Å². The van der Waals surface area contributed by atoms with Gasteiger partial charge in [0.1, 0.15) is 13.2 Å². The van der Waals surface area contributed by atoms with E-state index in [1.54, 1.807) is 23.1 Å². The number of ether oxygens (including phenoxy) is 2. The number of amides is 2. The van der Waals surface area contributed by atoms with Gasteiger partial charge in [0.25, 0.3) is 0 Å². The van der Waals surface area contributed by atoms with Crippen molar-refractivity contribution in [2.45, 2.75) is 12.5 Å². The Morgan fingerprint density at radius 1 is 1.14 bits per heavy atom. The molecule has 4 rings (SSSR count). The van der Waals surface area contributed by atoms with E-state index in [0.717, 1.165) is 5.56 Å². The van der Waals surface area contributed by atoms with Crippen LogP contribution in [0.4, 0.5) is 5.69 Å². The maximum absolute atomic E-state index is 12.7. The molecule has 7 nitrogen and oxygen atoms in total. The summed E-state index contributed by atoms with van der Waals surface area (Å²) >= 11 is 0. The van der Waals surface area contributed by atoms with Crippen LogP contribution in [0.3, 0.4) is 0 Å². The van der Waals surface area contributed by atoms with Crippen LogP contribution in [0.2, 0.25) is 0 Å². The molecule has 28 heavy (non-hydrogen) atoms. The highest BCUT2D eigenvalue weighted by Gasteiger charge is 2.36. The Morgan fingerprint density at radius 2 is 1.89 bits per heavy atom. The van der Waals surface area contributed by atoms with E-state index >= 15 is 0 Å². The van der Waals surface area contributed by atoms with E-state index in [4.69, 9.17) is 9.47 Å². The van der Waals surface area contributed by atoms with Gasteiger partial charge in [-0.25, -0.2) is 0 Å². The van der Waals surface area contributed by atoms with Crippen molar-refractivity contribution >= 4 is 17.5 Å². The minimum Gasteiger partial charge on any atom is -0.486 e. The van der Waals surface area contributed by atoms with Crippen LogP contribution in [-0.2, 0) is 9.59 Å². The Morgan fingerprint density at radius 3 is 2.64 bits per heavy atom. The lowest BCUT2D eigenvalue weighted by molar-refractivity contribution is -0.127. The van der Waals surface area contributed by atoms with Gasteiger partial charge in [0.2, 0.25) is 11.8 Å². The predicted octanol–water partition coefficient (Wildman–Crippen LogP) is 1.66. The van der Waals surface area contributed by atoms with Gasteiger partial charge < -0.3 is 24.8 Å². The molecule has 2 N–H and O–H groups in total. The van der Waals surface area contributed by atoms with Crippen molar-refractivity contribution in [1.82, 2.24) is 5.32 Å². The molecule has 0 aromatic heterocycles. The van der Waals surface area contributed by atoms with Crippen LogP contribution in [0, 0.1) is 5.92 Å². The van der Waals surface area contributed by atoms with E-state index < -0.39 is 12.0 Å². The first-order chi connectivity index (χ1) is 13.7. The lowest BCUT2D eigenvalue weighted by atomic mass is 10.0. The zero-order chi connectivity index (χ0) is 19.5. The van der Waals surface area contributed by atoms with Gasteiger partial charge in [-0.15, -0.1) is 0 Å². The van der Waals surface area contributed by atoms with Gasteiger partial charge in [0.05, 0.1) is 18.6 Å². The molecule has 0 saturated carbocycles. The van der Waals surface area contributed by atoms with E-state index in [0.29, 0.717) is 30.4 Å². The third-order valence-electron chi connectivity index (χ3n) is 5.03. The quantitative estimate of drug-likeness (QED) is 0.821. The lowest BCUT2D eigenvalue weighted by Crippen LogP contribution is -2.37. The zero-order valence-electron chi connectivity index (χ0n) is 15.3. The smallest absolute Gasteiger partial charge is 0.227 e. The molecule has 2 heterocycles. The Kier molecular flexibility index (Phi) is 5.16. The summed E-state index contributed by atoms with van der Waals surface area (Å²) in [6.07, 6.45) is 0.132. The fraction of sp³-hybridized carbons (Fsp3) is 0.333. The van der Waals surface area contributed by atoms with Gasteiger partial charge in [-0.2, -0.15) is 0 Å². The molecule has 1 saturated heterocycles. The summed E-state index contributed by atoms with van der Waals surface area (Å²) in [4.78, 5) is 26.8. The summed E-state index contributed by atoms with van der Waals surface area (Å²) in [5.41, 5.74) is 1.51. The molecule has 0 aliphatic carbocycles. The second-order valence-corrected chi connectivity index (χ2v) is 6.89. The number of aliphatic hydroxyl groups excluding tert-OH is 1. The third kappa shape index (κ3) is 3.66. The normalized spacial score (nSPS) is 19.4. The molecule has 2 aromatic rings. The summed E-state index contributed by atoms with van der Waals surface area (Å²) < 4.78 is 11.1. The average molecular weight is 382 g/mol. The molecule has 0 bridgehead atoms. The van der Waals surface area contributed by atoms with E-state index in [2.05, 4.69) is 5.32 Å². The molecule has 1 fully saturated rings. The molecule has 2 amide bonds. The molecular weight excluding hydrogens is 360 g/mol. The van der Waals surface area contributed by atoms with E-state index in [9.17, 15) is 14.7 Å². The fourth-order valence-corrected chi connectivity index (χ4v) is 3.54. The zero-order valence-corrected chi connectivity index (χ0v) is 15.3. The minimum atomic E-state index is -0.493. The second kappa shape index (κ2) is 7.90. The van der Waals surface area contributed by atoms with Crippen molar-refractivity contribution in [3.05, 3.63) is 54.1 Å². The number of fused-ring (bicyclic) bond motifs is 1. The summed E-state index contributed by atoms with van der Waals surface area (Å²) in [7, 11) is 0. The van der Waals surface area contributed by atoms with Crippen molar-refractivity contribution in [1.29, 1.82) is 0 Å². The highest BCUT2D eigenvalue weighted by Crippen LogP contribution is 2.36. The maximum Gasteiger partial charge on any atom is 0.227 e. The van der Waals surface area contributed by atoms with Crippen LogP contribution >= 0.6 is 0 Å². The number of hydrogen-bond acceptors (Lipinski definition) is 5. The maximum atomic E-state index is 12.7. The van der Waals surface area contributed by atoms with Crippen LogP contribution in [0.1, 0.15) is 18.0 Å².